The third kappa shape index (κ3) is 2.71. The van der Waals surface area contributed by atoms with Gasteiger partial charge in [-0.1, -0.05) is 12.1 Å². The average molecular weight is 200 g/mol. The molecule has 2 rings (SSSR count). The van der Waals surface area contributed by atoms with Gasteiger partial charge in [0.15, 0.2) is 0 Å². The first-order valence-corrected chi connectivity index (χ1v) is 4.73. The molecule has 3 nitrogen and oxygen atoms in total. The Kier molecular flexibility index (Phi) is 2.83. The normalized spacial score (nSPS) is 9.87. The molecule has 0 aliphatic heterocycles. The second-order valence-corrected chi connectivity index (χ2v) is 3.18. The smallest absolute Gasteiger partial charge is 0.130 e. The van der Waals surface area contributed by atoms with Crippen LogP contribution in [-0.2, 0) is 6.61 Å². The Morgan fingerprint density at radius 3 is 2.80 bits per heavy atom. The lowest BCUT2D eigenvalue weighted by Crippen LogP contribution is -1.97. The summed E-state index contributed by atoms with van der Waals surface area (Å²) in [6, 6.07) is 13.1. The molecule has 0 saturated heterocycles. The largest absolute Gasteiger partial charge is 0.487 e. The third-order valence-corrected chi connectivity index (χ3v) is 1.97. The highest BCUT2D eigenvalue weighted by Gasteiger charge is 1.96. The summed E-state index contributed by atoms with van der Waals surface area (Å²) >= 11 is 0. The van der Waals surface area contributed by atoms with Crippen LogP contribution < -0.4 is 10.5 Å². The molecule has 0 radical (unpaired) electrons. The van der Waals surface area contributed by atoms with E-state index in [1.54, 1.807) is 12.3 Å². The van der Waals surface area contributed by atoms with Crippen molar-refractivity contribution in [1.82, 2.24) is 4.98 Å². The van der Waals surface area contributed by atoms with E-state index in [0.717, 1.165) is 11.4 Å². The zero-order chi connectivity index (χ0) is 10.5. The first kappa shape index (κ1) is 9.52. The number of nitrogen functional groups attached to an aromatic ring is 1. The van der Waals surface area contributed by atoms with Crippen LogP contribution in [0.5, 0.6) is 5.75 Å². The first-order valence-electron chi connectivity index (χ1n) is 4.73. The Hall–Kier alpha value is -2.03. The number of pyridine rings is 1. The molecule has 0 spiro atoms. The molecule has 0 bridgehead atoms. The molecule has 0 aliphatic rings. The van der Waals surface area contributed by atoms with Gasteiger partial charge in [-0.25, -0.2) is 0 Å². The molecule has 1 aromatic heterocycles. The number of anilines is 1. The average Bonchev–Trinajstić information content (AvgIpc) is 2.28. The van der Waals surface area contributed by atoms with Crippen LogP contribution in [0.3, 0.4) is 0 Å². The molecule has 1 heterocycles. The second kappa shape index (κ2) is 4.46. The van der Waals surface area contributed by atoms with Gasteiger partial charge in [0.05, 0.1) is 5.69 Å². The maximum absolute atomic E-state index is 5.63. The van der Waals surface area contributed by atoms with Crippen LogP contribution in [-0.4, -0.2) is 4.98 Å². The van der Waals surface area contributed by atoms with Gasteiger partial charge in [0.2, 0.25) is 0 Å². The van der Waals surface area contributed by atoms with Crippen LogP contribution in [0.15, 0.2) is 48.7 Å². The predicted octanol–water partition coefficient (Wildman–Crippen LogP) is 2.24. The molecule has 0 unspecified atom stereocenters. The first-order chi connectivity index (χ1) is 7.34. The highest BCUT2D eigenvalue weighted by Crippen LogP contribution is 2.15. The summed E-state index contributed by atoms with van der Waals surface area (Å²) in [6.45, 7) is 0.463. The Labute approximate surface area is 88.5 Å². The highest BCUT2D eigenvalue weighted by molar-refractivity contribution is 5.43. The summed E-state index contributed by atoms with van der Waals surface area (Å²) in [5, 5.41) is 0. The molecule has 3 heteroatoms. The number of ether oxygens (including phenoxy) is 1. The Morgan fingerprint density at radius 1 is 1.13 bits per heavy atom. The molecule has 0 saturated carbocycles. The van der Waals surface area contributed by atoms with E-state index in [1.807, 2.05) is 36.4 Å². The molecule has 2 N–H and O–H groups in total. The standard InChI is InChI=1S/C12H12N2O/c13-10-4-3-6-12(8-10)15-9-11-5-1-2-7-14-11/h1-8H,9,13H2. The van der Waals surface area contributed by atoms with E-state index < -0.39 is 0 Å². The van der Waals surface area contributed by atoms with Crippen molar-refractivity contribution in [3.8, 4) is 5.75 Å². The van der Waals surface area contributed by atoms with E-state index in [2.05, 4.69) is 4.98 Å². The monoisotopic (exact) mass is 200 g/mol. The van der Waals surface area contributed by atoms with Gasteiger partial charge < -0.3 is 10.5 Å². The molecule has 0 fully saturated rings. The van der Waals surface area contributed by atoms with Gasteiger partial charge in [0.1, 0.15) is 12.4 Å². The molecular formula is C12H12N2O. The SMILES string of the molecule is Nc1cccc(OCc2ccccn2)c1. The molecule has 0 aliphatic carbocycles. The summed E-state index contributed by atoms with van der Waals surface area (Å²) in [7, 11) is 0. The van der Waals surface area contributed by atoms with Crippen molar-refractivity contribution in [3.05, 3.63) is 54.4 Å². The van der Waals surface area contributed by atoms with Crippen molar-refractivity contribution in [2.24, 2.45) is 0 Å². The maximum atomic E-state index is 5.63. The minimum atomic E-state index is 0.463. The lowest BCUT2D eigenvalue weighted by molar-refractivity contribution is 0.301. The summed E-state index contributed by atoms with van der Waals surface area (Å²) in [5.74, 6) is 0.764. The van der Waals surface area contributed by atoms with E-state index in [9.17, 15) is 0 Å². The van der Waals surface area contributed by atoms with Gasteiger partial charge in [0, 0.05) is 18.0 Å². The molecule has 0 amide bonds. The van der Waals surface area contributed by atoms with Crippen molar-refractivity contribution < 1.29 is 4.74 Å². The zero-order valence-corrected chi connectivity index (χ0v) is 8.26. The molecule has 2 aromatic rings. The lowest BCUT2D eigenvalue weighted by Gasteiger charge is -2.05. The van der Waals surface area contributed by atoms with Gasteiger partial charge >= 0.3 is 0 Å². The quantitative estimate of drug-likeness (QED) is 0.773. The molecular weight excluding hydrogens is 188 g/mol. The number of rotatable bonds is 3. The summed E-state index contributed by atoms with van der Waals surface area (Å²) in [4.78, 5) is 4.16. The number of hydrogen-bond donors (Lipinski definition) is 1. The third-order valence-electron chi connectivity index (χ3n) is 1.97. The van der Waals surface area contributed by atoms with E-state index in [0.29, 0.717) is 12.3 Å². The zero-order valence-electron chi connectivity index (χ0n) is 8.26. The number of benzene rings is 1. The van der Waals surface area contributed by atoms with Crippen molar-refractivity contribution in [1.29, 1.82) is 0 Å². The van der Waals surface area contributed by atoms with Crippen molar-refractivity contribution in [2.75, 3.05) is 5.73 Å². The Morgan fingerprint density at radius 2 is 2.07 bits per heavy atom. The summed E-state index contributed by atoms with van der Waals surface area (Å²) in [5.41, 5.74) is 7.24. The molecule has 76 valence electrons. The minimum Gasteiger partial charge on any atom is -0.487 e. The Bertz CT molecular complexity index is 429. The fourth-order valence-electron chi connectivity index (χ4n) is 1.25. The number of aromatic nitrogens is 1. The van der Waals surface area contributed by atoms with E-state index in [-0.39, 0.29) is 0 Å². The molecule has 0 atom stereocenters. The topological polar surface area (TPSA) is 48.1 Å². The summed E-state index contributed by atoms with van der Waals surface area (Å²) < 4.78 is 5.53. The van der Waals surface area contributed by atoms with Gasteiger partial charge in [-0.05, 0) is 24.3 Å². The van der Waals surface area contributed by atoms with Gasteiger partial charge in [-0.15, -0.1) is 0 Å². The fourth-order valence-corrected chi connectivity index (χ4v) is 1.25. The van der Waals surface area contributed by atoms with E-state index in [4.69, 9.17) is 10.5 Å². The maximum Gasteiger partial charge on any atom is 0.130 e. The summed E-state index contributed by atoms with van der Waals surface area (Å²) in [6.07, 6.45) is 1.75. The molecule has 15 heavy (non-hydrogen) atoms. The van der Waals surface area contributed by atoms with Crippen molar-refractivity contribution in [2.45, 2.75) is 6.61 Å². The van der Waals surface area contributed by atoms with Crippen LogP contribution in [0.2, 0.25) is 0 Å². The highest BCUT2D eigenvalue weighted by atomic mass is 16.5. The van der Waals surface area contributed by atoms with Gasteiger partial charge in [-0.2, -0.15) is 0 Å². The van der Waals surface area contributed by atoms with Crippen LogP contribution in [0.1, 0.15) is 5.69 Å². The minimum absolute atomic E-state index is 0.463. The van der Waals surface area contributed by atoms with E-state index >= 15 is 0 Å². The van der Waals surface area contributed by atoms with Gasteiger partial charge in [-0.3, -0.25) is 4.98 Å². The van der Waals surface area contributed by atoms with Crippen molar-refractivity contribution >= 4 is 5.69 Å². The lowest BCUT2D eigenvalue weighted by atomic mass is 10.3. The van der Waals surface area contributed by atoms with Crippen LogP contribution in [0.4, 0.5) is 5.69 Å². The second-order valence-electron chi connectivity index (χ2n) is 3.18. The predicted molar refractivity (Wildman–Crippen MR) is 59.4 cm³/mol. The Balaban J connectivity index is 1.99. The number of nitrogens with two attached hydrogens (primary N) is 1. The van der Waals surface area contributed by atoms with Crippen molar-refractivity contribution in [3.63, 3.8) is 0 Å². The van der Waals surface area contributed by atoms with Crippen LogP contribution in [0, 0.1) is 0 Å². The number of nitrogens with zero attached hydrogens (tertiary/aromatic N) is 1. The van der Waals surface area contributed by atoms with Crippen LogP contribution in [0.25, 0.3) is 0 Å². The van der Waals surface area contributed by atoms with Crippen LogP contribution >= 0.6 is 0 Å². The molecule has 1 aromatic carbocycles. The van der Waals surface area contributed by atoms with E-state index in [1.165, 1.54) is 0 Å². The fraction of sp³-hybridized carbons (Fsp3) is 0.0833. The van der Waals surface area contributed by atoms with Gasteiger partial charge in [0.25, 0.3) is 0 Å². The number of hydrogen-bond acceptors (Lipinski definition) is 3.